The Kier molecular flexibility index (Phi) is 6.94. The minimum atomic E-state index is 0.329. The molecule has 0 saturated heterocycles. The molecule has 118 valence electrons. The van der Waals surface area contributed by atoms with E-state index in [0.717, 1.165) is 31.8 Å². The molecule has 22 heavy (non-hydrogen) atoms. The Morgan fingerprint density at radius 2 is 1.73 bits per heavy atom. The molecule has 0 saturated carbocycles. The second-order valence-corrected chi connectivity index (χ2v) is 5.36. The van der Waals surface area contributed by atoms with E-state index in [1.807, 2.05) is 18.2 Å². The Morgan fingerprint density at radius 3 is 2.45 bits per heavy atom. The highest BCUT2D eigenvalue weighted by molar-refractivity contribution is 5.33. The van der Waals surface area contributed by atoms with Crippen molar-refractivity contribution < 1.29 is 4.74 Å². The normalized spacial score (nSPS) is 12.1. The molecule has 0 aliphatic carbocycles. The number of para-hydroxylation sites is 1. The molecular formula is C19H26N2O. The van der Waals surface area contributed by atoms with E-state index in [0.29, 0.717) is 6.04 Å². The molecule has 0 amide bonds. The van der Waals surface area contributed by atoms with Crippen LogP contribution in [-0.4, -0.2) is 20.2 Å². The molecule has 0 aliphatic rings. The van der Waals surface area contributed by atoms with Gasteiger partial charge >= 0.3 is 0 Å². The van der Waals surface area contributed by atoms with Gasteiger partial charge in [0.1, 0.15) is 5.75 Å². The quantitative estimate of drug-likeness (QED) is 0.743. The van der Waals surface area contributed by atoms with Gasteiger partial charge in [0.25, 0.3) is 0 Å². The maximum Gasteiger partial charge on any atom is 0.123 e. The number of ether oxygens (including phenoxy) is 1. The third-order valence-electron chi connectivity index (χ3n) is 3.70. The van der Waals surface area contributed by atoms with Crippen LogP contribution >= 0.6 is 0 Å². The molecule has 3 nitrogen and oxygen atoms in total. The van der Waals surface area contributed by atoms with Gasteiger partial charge in [-0.2, -0.15) is 0 Å². The molecule has 1 atom stereocenters. The summed E-state index contributed by atoms with van der Waals surface area (Å²) < 4.78 is 5.40. The average molecular weight is 298 g/mol. The first kappa shape index (κ1) is 16.5. The first-order chi connectivity index (χ1) is 10.8. The second kappa shape index (κ2) is 9.23. The lowest BCUT2D eigenvalue weighted by atomic mass is 10.1. The Balaban J connectivity index is 1.93. The summed E-state index contributed by atoms with van der Waals surface area (Å²) in [6.07, 6.45) is 1.13. The lowest BCUT2D eigenvalue weighted by Crippen LogP contribution is -2.32. The molecule has 0 radical (unpaired) electrons. The van der Waals surface area contributed by atoms with Crippen LogP contribution in [0.4, 0.5) is 0 Å². The van der Waals surface area contributed by atoms with Gasteiger partial charge in [-0.25, -0.2) is 0 Å². The van der Waals surface area contributed by atoms with E-state index in [1.54, 1.807) is 7.11 Å². The fourth-order valence-corrected chi connectivity index (χ4v) is 2.51. The fourth-order valence-electron chi connectivity index (χ4n) is 2.51. The van der Waals surface area contributed by atoms with Gasteiger partial charge in [0, 0.05) is 24.7 Å². The summed E-state index contributed by atoms with van der Waals surface area (Å²) in [6.45, 7) is 4.91. The van der Waals surface area contributed by atoms with E-state index >= 15 is 0 Å². The predicted octanol–water partition coefficient (Wildman–Crippen LogP) is 3.53. The highest BCUT2D eigenvalue weighted by Gasteiger charge is 2.10. The van der Waals surface area contributed by atoms with Gasteiger partial charge in [0.2, 0.25) is 0 Å². The first-order valence-corrected chi connectivity index (χ1v) is 7.96. The standard InChI is InChI=1S/C19H26N2O/c1-3-13-21-18(16-9-5-4-6-10-16)15-20-14-17-11-7-8-12-19(17)22-2/h4-12,18,20-21H,3,13-15H2,1-2H3. The summed E-state index contributed by atoms with van der Waals surface area (Å²) >= 11 is 0. The fraction of sp³-hybridized carbons (Fsp3) is 0.368. The zero-order valence-electron chi connectivity index (χ0n) is 13.5. The zero-order chi connectivity index (χ0) is 15.6. The van der Waals surface area contributed by atoms with Gasteiger partial charge in [-0.1, -0.05) is 55.5 Å². The van der Waals surface area contributed by atoms with Crippen molar-refractivity contribution in [1.29, 1.82) is 0 Å². The minimum absolute atomic E-state index is 0.329. The van der Waals surface area contributed by atoms with E-state index in [4.69, 9.17) is 4.74 Å². The maximum atomic E-state index is 5.40. The SMILES string of the molecule is CCCNC(CNCc1ccccc1OC)c1ccccc1. The third kappa shape index (κ3) is 4.86. The molecule has 0 bridgehead atoms. The summed E-state index contributed by atoms with van der Waals surface area (Å²) in [5, 5.41) is 7.15. The molecule has 2 N–H and O–H groups in total. The second-order valence-electron chi connectivity index (χ2n) is 5.36. The van der Waals surface area contributed by atoms with Gasteiger partial charge in [-0.05, 0) is 24.6 Å². The summed E-state index contributed by atoms with van der Waals surface area (Å²) in [4.78, 5) is 0. The molecule has 0 spiro atoms. The zero-order valence-corrected chi connectivity index (χ0v) is 13.5. The van der Waals surface area contributed by atoms with Crippen molar-refractivity contribution in [3.05, 3.63) is 65.7 Å². The maximum absolute atomic E-state index is 5.40. The average Bonchev–Trinajstić information content (AvgIpc) is 2.59. The van der Waals surface area contributed by atoms with E-state index in [2.05, 4.69) is 54.0 Å². The Bertz CT molecular complexity index is 542. The smallest absolute Gasteiger partial charge is 0.123 e. The van der Waals surface area contributed by atoms with Crippen LogP contribution in [0.2, 0.25) is 0 Å². The van der Waals surface area contributed by atoms with E-state index < -0.39 is 0 Å². The van der Waals surface area contributed by atoms with Gasteiger partial charge in [0.05, 0.1) is 7.11 Å². The van der Waals surface area contributed by atoms with Gasteiger partial charge in [0.15, 0.2) is 0 Å². The molecule has 1 unspecified atom stereocenters. The molecule has 2 aromatic carbocycles. The molecule has 0 aliphatic heterocycles. The van der Waals surface area contributed by atoms with Gasteiger partial charge in [-0.3, -0.25) is 0 Å². The lowest BCUT2D eigenvalue weighted by Gasteiger charge is -2.20. The first-order valence-electron chi connectivity index (χ1n) is 7.96. The van der Waals surface area contributed by atoms with Crippen molar-refractivity contribution in [1.82, 2.24) is 10.6 Å². The van der Waals surface area contributed by atoms with E-state index in [9.17, 15) is 0 Å². The number of hydrogen-bond donors (Lipinski definition) is 2. The Morgan fingerprint density at radius 1 is 1.00 bits per heavy atom. The van der Waals surface area contributed by atoms with Crippen LogP contribution in [0.3, 0.4) is 0 Å². The van der Waals surface area contributed by atoms with E-state index in [1.165, 1.54) is 11.1 Å². The van der Waals surface area contributed by atoms with Crippen LogP contribution in [0.5, 0.6) is 5.75 Å². The number of benzene rings is 2. The highest BCUT2D eigenvalue weighted by atomic mass is 16.5. The largest absolute Gasteiger partial charge is 0.496 e. The Hall–Kier alpha value is -1.84. The van der Waals surface area contributed by atoms with Crippen molar-refractivity contribution in [2.75, 3.05) is 20.2 Å². The van der Waals surface area contributed by atoms with Crippen LogP contribution in [0.25, 0.3) is 0 Å². The monoisotopic (exact) mass is 298 g/mol. The molecule has 2 aromatic rings. The van der Waals surface area contributed by atoms with Crippen molar-refractivity contribution in [2.45, 2.75) is 25.9 Å². The molecular weight excluding hydrogens is 272 g/mol. The number of nitrogens with one attached hydrogen (secondary N) is 2. The summed E-state index contributed by atoms with van der Waals surface area (Å²) in [7, 11) is 1.72. The van der Waals surface area contributed by atoms with Crippen molar-refractivity contribution >= 4 is 0 Å². The Labute approximate surface area is 133 Å². The van der Waals surface area contributed by atoms with Crippen molar-refractivity contribution in [2.24, 2.45) is 0 Å². The molecule has 0 aromatic heterocycles. The molecule has 3 heteroatoms. The van der Waals surface area contributed by atoms with Crippen LogP contribution in [-0.2, 0) is 6.54 Å². The third-order valence-corrected chi connectivity index (χ3v) is 3.70. The number of methoxy groups -OCH3 is 1. The predicted molar refractivity (Wildman–Crippen MR) is 92.2 cm³/mol. The number of hydrogen-bond acceptors (Lipinski definition) is 3. The van der Waals surface area contributed by atoms with Crippen molar-refractivity contribution in [3.63, 3.8) is 0 Å². The number of rotatable bonds is 9. The van der Waals surface area contributed by atoms with Crippen LogP contribution in [0, 0.1) is 0 Å². The van der Waals surface area contributed by atoms with Crippen LogP contribution in [0.1, 0.15) is 30.5 Å². The minimum Gasteiger partial charge on any atom is -0.496 e. The van der Waals surface area contributed by atoms with Gasteiger partial charge < -0.3 is 15.4 Å². The van der Waals surface area contributed by atoms with Crippen molar-refractivity contribution in [3.8, 4) is 5.75 Å². The summed E-state index contributed by atoms with van der Waals surface area (Å²) in [6, 6.07) is 19.1. The lowest BCUT2D eigenvalue weighted by molar-refractivity contribution is 0.406. The highest BCUT2D eigenvalue weighted by Crippen LogP contribution is 2.17. The molecule has 0 fully saturated rings. The summed E-state index contributed by atoms with van der Waals surface area (Å²) in [5.74, 6) is 0.938. The van der Waals surface area contributed by atoms with Crippen LogP contribution < -0.4 is 15.4 Å². The summed E-state index contributed by atoms with van der Waals surface area (Å²) in [5.41, 5.74) is 2.51. The van der Waals surface area contributed by atoms with Crippen LogP contribution in [0.15, 0.2) is 54.6 Å². The van der Waals surface area contributed by atoms with Gasteiger partial charge in [-0.15, -0.1) is 0 Å². The topological polar surface area (TPSA) is 33.3 Å². The molecule has 2 rings (SSSR count). The van der Waals surface area contributed by atoms with E-state index in [-0.39, 0.29) is 0 Å². The molecule has 0 heterocycles.